The molecule has 0 radical (unpaired) electrons. The fourth-order valence-corrected chi connectivity index (χ4v) is 3.41. The summed E-state index contributed by atoms with van der Waals surface area (Å²) in [5.74, 6) is 0.477. The van der Waals surface area contributed by atoms with Crippen LogP contribution in [0.1, 0.15) is 30.5 Å². The summed E-state index contributed by atoms with van der Waals surface area (Å²) in [4.78, 5) is 9.02. The first-order chi connectivity index (χ1) is 13.5. The average Bonchev–Trinajstić information content (AvgIpc) is 2.72. The SMILES string of the molecule is C=C(C)C(N=C(C)N)(c1ccccc1)c1cccc(-c2cncc(C#N)c2)c1. The second kappa shape index (κ2) is 7.89. The lowest BCUT2D eigenvalue weighted by Crippen LogP contribution is -2.29. The molecule has 4 nitrogen and oxygen atoms in total. The smallest absolute Gasteiger partial charge is 0.133 e. The lowest BCUT2D eigenvalue weighted by Gasteiger charge is -2.32. The summed E-state index contributed by atoms with van der Waals surface area (Å²) < 4.78 is 0. The summed E-state index contributed by atoms with van der Waals surface area (Å²) in [6.07, 6.45) is 3.31. The van der Waals surface area contributed by atoms with Crippen LogP contribution in [0.15, 0.2) is 90.2 Å². The first-order valence-corrected chi connectivity index (χ1v) is 8.97. The van der Waals surface area contributed by atoms with Gasteiger partial charge in [-0.25, -0.2) is 0 Å². The van der Waals surface area contributed by atoms with E-state index in [4.69, 9.17) is 10.7 Å². The molecule has 0 saturated carbocycles. The highest BCUT2D eigenvalue weighted by molar-refractivity contribution is 5.79. The summed E-state index contributed by atoms with van der Waals surface area (Å²) in [5.41, 5.74) is 10.4. The predicted octanol–water partition coefficient (Wildman–Crippen LogP) is 4.82. The van der Waals surface area contributed by atoms with Crippen molar-refractivity contribution in [3.05, 3.63) is 102 Å². The van der Waals surface area contributed by atoms with Gasteiger partial charge in [0.05, 0.1) is 11.4 Å². The molecule has 4 heteroatoms. The maximum atomic E-state index is 9.18. The average molecular weight is 366 g/mol. The Labute approximate surface area is 165 Å². The molecule has 0 aliphatic heterocycles. The van der Waals surface area contributed by atoms with E-state index in [1.807, 2.05) is 61.5 Å². The quantitative estimate of drug-likeness (QED) is 0.400. The Bertz CT molecular complexity index is 1070. The molecule has 0 amide bonds. The monoisotopic (exact) mass is 366 g/mol. The maximum absolute atomic E-state index is 9.18. The van der Waals surface area contributed by atoms with Gasteiger partial charge in [-0.15, -0.1) is 0 Å². The second-order valence-electron chi connectivity index (χ2n) is 6.76. The minimum Gasteiger partial charge on any atom is -0.388 e. The lowest BCUT2D eigenvalue weighted by molar-refractivity contribution is 0.640. The van der Waals surface area contributed by atoms with E-state index in [1.165, 1.54) is 0 Å². The predicted molar refractivity (Wildman–Crippen MR) is 114 cm³/mol. The van der Waals surface area contributed by atoms with Crippen molar-refractivity contribution in [3.8, 4) is 17.2 Å². The van der Waals surface area contributed by atoms with Gasteiger partial charge in [0.1, 0.15) is 11.6 Å². The van der Waals surface area contributed by atoms with Gasteiger partial charge in [0.25, 0.3) is 0 Å². The summed E-state index contributed by atoms with van der Waals surface area (Å²) in [6.45, 7) is 7.99. The molecule has 0 aliphatic carbocycles. The highest BCUT2D eigenvalue weighted by Crippen LogP contribution is 2.41. The zero-order valence-electron chi connectivity index (χ0n) is 16.1. The maximum Gasteiger partial charge on any atom is 0.133 e. The number of nitrogens with two attached hydrogens (primary N) is 1. The number of hydrogen-bond donors (Lipinski definition) is 1. The van der Waals surface area contributed by atoms with Gasteiger partial charge < -0.3 is 5.73 Å². The Kier molecular flexibility index (Phi) is 5.37. The van der Waals surface area contributed by atoms with Gasteiger partial charge >= 0.3 is 0 Å². The molecule has 1 atom stereocenters. The minimum atomic E-state index is -0.795. The Morgan fingerprint density at radius 3 is 2.36 bits per heavy atom. The summed E-state index contributed by atoms with van der Waals surface area (Å²) in [7, 11) is 0. The number of rotatable bonds is 5. The molecule has 0 bridgehead atoms. The largest absolute Gasteiger partial charge is 0.388 e. The summed E-state index contributed by atoms with van der Waals surface area (Å²) >= 11 is 0. The van der Waals surface area contributed by atoms with Crippen LogP contribution in [0.5, 0.6) is 0 Å². The molecule has 138 valence electrons. The van der Waals surface area contributed by atoms with Crippen molar-refractivity contribution in [3.63, 3.8) is 0 Å². The van der Waals surface area contributed by atoms with Crippen molar-refractivity contribution in [1.29, 1.82) is 5.26 Å². The summed E-state index contributed by atoms with van der Waals surface area (Å²) in [5, 5.41) is 9.18. The van der Waals surface area contributed by atoms with Crippen molar-refractivity contribution in [2.75, 3.05) is 0 Å². The van der Waals surface area contributed by atoms with E-state index in [-0.39, 0.29) is 0 Å². The van der Waals surface area contributed by atoms with Gasteiger partial charge in [-0.05, 0) is 48.2 Å². The molecule has 2 N–H and O–H groups in total. The van der Waals surface area contributed by atoms with Crippen molar-refractivity contribution >= 4 is 5.84 Å². The fraction of sp³-hybridized carbons (Fsp3) is 0.125. The fourth-order valence-electron chi connectivity index (χ4n) is 3.41. The van der Waals surface area contributed by atoms with Gasteiger partial charge in [-0.3, -0.25) is 9.98 Å². The first kappa shape index (κ1) is 19.1. The Hall–Kier alpha value is -3.71. The molecule has 1 unspecified atom stereocenters. The molecule has 0 fully saturated rings. The number of aliphatic imine (C=N–C) groups is 1. The van der Waals surface area contributed by atoms with E-state index in [0.29, 0.717) is 11.4 Å². The molecule has 0 spiro atoms. The van der Waals surface area contributed by atoms with Crippen molar-refractivity contribution < 1.29 is 0 Å². The minimum absolute atomic E-state index is 0.477. The molecular weight excluding hydrogens is 344 g/mol. The van der Waals surface area contributed by atoms with Gasteiger partial charge in [-0.2, -0.15) is 5.26 Å². The normalized spacial score (nSPS) is 13.4. The van der Waals surface area contributed by atoms with Crippen LogP contribution >= 0.6 is 0 Å². The number of nitriles is 1. The third-order valence-corrected chi connectivity index (χ3v) is 4.63. The van der Waals surface area contributed by atoms with Gasteiger partial charge in [0.15, 0.2) is 0 Å². The molecule has 1 aromatic heterocycles. The van der Waals surface area contributed by atoms with Crippen LogP contribution in [0.3, 0.4) is 0 Å². The van der Waals surface area contributed by atoms with Gasteiger partial charge in [-0.1, -0.05) is 55.1 Å². The number of aromatic nitrogens is 1. The molecule has 3 aromatic rings. The molecule has 3 rings (SSSR count). The van der Waals surface area contributed by atoms with Crippen molar-refractivity contribution in [2.24, 2.45) is 10.7 Å². The highest BCUT2D eigenvalue weighted by Gasteiger charge is 2.35. The highest BCUT2D eigenvalue weighted by atomic mass is 14.9. The van der Waals surface area contributed by atoms with E-state index in [9.17, 15) is 5.26 Å². The lowest BCUT2D eigenvalue weighted by atomic mass is 9.77. The van der Waals surface area contributed by atoms with Crippen LogP contribution < -0.4 is 5.73 Å². The number of hydrogen-bond acceptors (Lipinski definition) is 3. The van der Waals surface area contributed by atoms with E-state index in [1.54, 1.807) is 19.3 Å². The molecular formula is C24H22N4. The zero-order valence-corrected chi connectivity index (χ0v) is 16.1. The molecule has 28 heavy (non-hydrogen) atoms. The van der Waals surface area contributed by atoms with Crippen LogP contribution in [0, 0.1) is 11.3 Å². The molecule has 2 aromatic carbocycles. The zero-order chi connectivity index (χ0) is 20.1. The van der Waals surface area contributed by atoms with E-state index < -0.39 is 5.54 Å². The number of benzene rings is 2. The number of nitrogens with zero attached hydrogens (tertiary/aromatic N) is 3. The number of pyridine rings is 1. The van der Waals surface area contributed by atoms with Crippen LogP contribution in [-0.4, -0.2) is 10.8 Å². The van der Waals surface area contributed by atoms with Crippen molar-refractivity contribution in [2.45, 2.75) is 19.4 Å². The third kappa shape index (κ3) is 3.56. The van der Waals surface area contributed by atoms with Crippen molar-refractivity contribution in [1.82, 2.24) is 4.98 Å². The molecule has 1 heterocycles. The standard InChI is InChI=1S/C24H22N4/c1-17(2)24(28-18(3)26,22-9-5-4-6-10-22)23-11-7-8-20(13-23)21-12-19(14-25)15-27-16-21/h4-13,15-16H,1H2,2-3H3,(H2,26,28). The van der Waals surface area contributed by atoms with Crippen LogP contribution in [0.25, 0.3) is 11.1 Å². The van der Waals surface area contributed by atoms with E-state index >= 15 is 0 Å². The van der Waals surface area contributed by atoms with Gasteiger partial charge in [0.2, 0.25) is 0 Å². The molecule has 0 saturated heterocycles. The summed E-state index contributed by atoms with van der Waals surface area (Å²) in [6, 6.07) is 22.0. The third-order valence-electron chi connectivity index (χ3n) is 4.63. The first-order valence-electron chi connectivity index (χ1n) is 8.97. The van der Waals surface area contributed by atoms with E-state index in [0.717, 1.165) is 27.8 Å². The Balaban J connectivity index is 2.26. The Morgan fingerprint density at radius 1 is 1.00 bits per heavy atom. The van der Waals surface area contributed by atoms with E-state index in [2.05, 4.69) is 23.7 Å². The molecule has 0 aliphatic rings. The van der Waals surface area contributed by atoms with Crippen LogP contribution in [-0.2, 0) is 5.54 Å². The second-order valence-corrected chi connectivity index (χ2v) is 6.76. The van der Waals surface area contributed by atoms with Crippen LogP contribution in [0.4, 0.5) is 0 Å². The Morgan fingerprint density at radius 2 is 1.71 bits per heavy atom. The number of amidine groups is 1. The topological polar surface area (TPSA) is 75.1 Å². The van der Waals surface area contributed by atoms with Gasteiger partial charge in [0, 0.05) is 18.0 Å². The van der Waals surface area contributed by atoms with Crippen LogP contribution in [0.2, 0.25) is 0 Å².